The third-order valence-corrected chi connectivity index (χ3v) is 5.44. The maximum Gasteiger partial charge on any atom is 0.287 e. The van der Waals surface area contributed by atoms with Crippen molar-refractivity contribution in [3.05, 3.63) is 47.9 Å². The number of carbonyl (C=O) groups excluding carboxylic acids is 2. The van der Waals surface area contributed by atoms with Crippen LogP contribution in [-0.4, -0.2) is 38.3 Å². The zero-order valence-electron chi connectivity index (χ0n) is 14.9. The summed E-state index contributed by atoms with van der Waals surface area (Å²) in [6.07, 6.45) is 3.65. The molecule has 0 radical (unpaired) electrons. The summed E-state index contributed by atoms with van der Waals surface area (Å²) in [6, 6.07) is 6.68. The minimum absolute atomic E-state index is 0.0689. The van der Waals surface area contributed by atoms with Gasteiger partial charge in [-0.05, 0) is 55.2 Å². The number of aryl methyl sites for hydroxylation is 1. The van der Waals surface area contributed by atoms with E-state index >= 15 is 0 Å². The molecule has 0 fully saturated rings. The maximum absolute atomic E-state index is 12.6. The molecule has 0 bridgehead atoms. The van der Waals surface area contributed by atoms with Gasteiger partial charge in [-0.3, -0.25) is 9.59 Å². The van der Waals surface area contributed by atoms with Crippen molar-refractivity contribution in [2.75, 3.05) is 17.3 Å². The second kappa shape index (κ2) is 9.07. The molecule has 0 aliphatic carbocycles. The molecule has 2 aromatic rings. The van der Waals surface area contributed by atoms with Crippen molar-refractivity contribution in [1.82, 2.24) is 5.32 Å². The summed E-state index contributed by atoms with van der Waals surface area (Å²) in [6.45, 7) is 1.61. The molecule has 0 spiro atoms. The van der Waals surface area contributed by atoms with Crippen LogP contribution in [0.3, 0.4) is 0 Å². The van der Waals surface area contributed by atoms with Crippen LogP contribution in [0.15, 0.2) is 45.9 Å². The Morgan fingerprint density at radius 2 is 2.04 bits per heavy atom. The lowest BCUT2D eigenvalue weighted by atomic mass is 10.1. The molecule has 0 aliphatic rings. The fourth-order valence-electron chi connectivity index (χ4n) is 2.36. The number of hydrogen-bond acceptors (Lipinski definition) is 6. The van der Waals surface area contributed by atoms with Gasteiger partial charge >= 0.3 is 0 Å². The van der Waals surface area contributed by atoms with E-state index in [-0.39, 0.29) is 16.3 Å². The molecule has 1 aromatic heterocycles. The number of thioether (sulfide) groups is 1. The van der Waals surface area contributed by atoms with E-state index in [4.69, 9.17) is 9.56 Å². The third-order valence-electron chi connectivity index (χ3n) is 3.74. The number of rotatable bonds is 8. The minimum atomic E-state index is -3.91. The fraction of sp³-hybridized carbons (Fsp3) is 0.294. The van der Waals surface area contributed by atoms with E-state index in [0.717, 1.165) is 0 Å². The molecule has 4 N–H and O–H groups in total. The zero-order valence-corrected chi connectivity index (χ0v) is 16.5. The zero-order chi connectivity index (χ0) is 20.0. The lowest BCUT2D eigenvalue weighted by Crippen LogP contribution is -2.44. The van der Waals surface area contributed by atoms with E-state index in [1.165, 1.54) is 30.2 Å². The van der Waals surface area contributed by atoms with E-state index in [0.29, 0.717) is 17.7 Å². The minimum Gasteiger partial charge on any atom is -0.459 e. The van der Waals surface area contributed by atoms with Gasteiger partial charge in [-0.2, -0.15) is 11.8 Å². The number of furan rings is 1. The van der Waals surface area contributed by atoms with Crippen molar-refractivity contribution < 1.29 is 22.4 Å². The van der Waals surface area contributed by atoms with Crippen LogP contribution in [0.5, 0.6) is 0 Å². The van der Waals surface area contributed by atoms with E-state index in [1.54, 1.807) is 25.1 Å². The molecule has 8 nitrogen and oxygen atoms in total. The Kier molecular flexibility index (Phi) is 7.05. The first-order valence-corrected chi connectivity index (χ1v) is 10.9. The number of nitrogens with one attached hydrogen (secondary N) is 2. The molecule has 1 heterocycles. The summed E-state index contributed by atoms with van der Waals surface area (Å²) < 4.78 is 28.3. The quantitative estimate of drug-likeness (QED) is 0.606. The molecule has 146 valence electrons. The number of carbonyl (C=O) groups is 2. The van der Waals surface area contributed by atoms with Crippen LogP contribution in [0, 0.1) is 6.92 Å². The molecular weight excluding hydrogens is 390 g/mol. The highest BCUT2D eigenvalue weighted by atomic mass is 32.2. The molecule has 27 heavy (non-hydrogen) atoms. The van der Waals surface area contributed by atoms with E-state index in [1.807, 2.05) is 6.26 Å². The first-order chi connectivity index (χ1) is 12.7. The third kappa shape index (κ3) is 5.84. The normalized spacial score (nSPS) is 12.4. The summed E-state index contributed by atoms with van der Waals surface area (Å²) in [5.74, 6) is -0.223. The lowest BCUT2D eigenvalue weighted by molar-refractivity contribution is -0.118. The van der Waals surface area contributed by atoms with Crippen LogP contribution >= 0.6 is 11.8 Å². The van der Waals surface area contributed by atoms with Gasteiger partial charge in [-0.25, -0.2) is 13.6 Å². The fourth-order valence-corrected chi connectivity index (χ4v) is 3.63. The molecule has 2 amide bonds. The molecule has 0 aliphatic heterocycles. The first kappa shape index (κ1) is 21.0. The Balaban J connectivity index is 2.17. The second-order valence-electron chi connectivity index (χ2n) is 5.80. The Morgan fingerprint density at radius 3 is 2.63 bits per heavy atom. The van der Waals surface area contributed by atoms with Gasteiger partial charge in [0.15, 0.2) is 5.76 Å². The van der Waals surface area contributed by atoms with Crippen molar-refractivity contribution >= 4 is 39.3 Å². The van der Waals surface area contributed by atoms with Gasteiger partial charge in [0.1, 0.15) is 6.04 Å². The Bertz CT molecular complexity index is 911. The summed E-state index contributed by atoms with van der Waals surface area (Å²) in [4.78, 5) is 24.7. The molecule has 1 unspecified atom stereocenters. The molecule has 2 rings (SSSR count). The summed E-state index contributed by atoms with van der Waals surface area (Å²) >= 11 is 1.54. The van der Waals surface area contributed by atoms with Gasteiger partial charge in [0.05, 0.1) is 11.2 Å². The largest absolute Gasteiger partial charge is 0.459 e. The average molecular weight is 412 g/mol. The van der Waals surface area contributed by atoms with Crippen LogP contribution in [-0.2, 0) is 14.8 Å². The number of primary sulfonamides is 1. The Labute approximate surface area is 161 Å². The van der Waals surface area contributed by atoms with Gasteiger partial charge in [-0.15, -0.1) is 0 Å². The highest BCUT2D eigenvalue weighted by molar-refractivity contribution is 7.98. The van der Waals surface area contributed by atoms with Gasteiger partial charge in [-0.1, -0.05) is 6.07 Å². The summed E-state index contributed by atoms with van der Waals surface area (Å²) in [7, 11) is -3.91. The molecule has 1 atom stereocenters. The highest BCUT2D eigenvalue weighted by Crippen LogP contribution is 2.19. The molecular formula is C17H21N3O5S2. The van der Waals surface area contributed by atoms with Crippen LogP contribution < -0.4 is 15.8 Å². The van der Waals surface area contributed by atoms with Gasteiger partial charge in [0, 0.05) is 5.69 Å². The van der Waals surface area contributed by atoms with Gasteiger partial charge in [0.25, 0.3) is 5.91 Å². The molecule has 1 aromatic carbocycles. The topological polar surface area (TPSA) is 132 Å². The number of sulfonamides is 1. The van der Waals surface area contributed by atoms with Gasteiger partial charge < -0.3 is 15.1 Å². The number of amides is 2. The Morgan fingerprint density at radius 1 is 1.30 bits per heavy atom. The maximum atomic E-state index is 12.6. The number of hydrogen-bond donors (Lipinski definition) is 3. The summed E-state index contributed by atoms with van der Waals surface area (Å²) in [5.41, 5.74) is 0.747. The predicted octanol–water partition coefficient (Wildman–Crippen LogP) is 1.73. The van der Waals surface area contributed by atoms with Crippen molar-refractivity contribution in [3.8, 4) is 0 Å². The van der Waals surface area contributed by atoms with Crippen molar-refractivity contribution in [3.63, 3.8) is 0 Å². The molecule has 10 heteroatoms. The van der Waals surface area contributed by atoms with Crippen LogP contribution in [0.2, 0.25) is 0 Å². The molecule has 0 saturated carbocycles. The first-order valence-electron chi connectivity index (χ1n) is 8.00. The standard InChI is InChI=1S/C17H21N3O5S2/c1-11-5-6-12(10-15(11)27(18,23)24)19-16(21)13(7-9-26-2)20-17(22)14-4-3-8-25-14/h3-6,8,10,13H,7,9H2,1-2H3,(H,19,21)(H,20,22)(H2,18,23,24). The number of anilines is 1. The predicted molar refractivity (Wildman–Crippen MR) is 104 cm³/mol. The lowest BCUT2D eigenvalue weighted by Gasteiger charge is -2.18. The summed E-state index contributed by atoms with van der Waals surface area (Å²) in [5, 5.41) is 10.4. The smallest absolute Gasteiger partial charge is 0.287 e. The molecule has 0 saturated heterocycles. The van der Waals surface area contributed by atoms with Crippen LogP contribution in [0.1, 0.15) is 22.5 Å². The SMILES string of the molecule is CSCCC(NC(=O)c1ccco1)C(=O)Nc1ccc(C)c(S(N)(=O)=O)c1. The van der Waals surface area contributed by atoms with Crippen LogP contribution in [0.4, 0.5) is 5.69 Å². The second-order valence-corrected chi connectivity index (χ2v) is 8.31. The average Bonchev–Trinajstić information content (AvgIpc) is 3.13. The van der Waals surface area contributed by atoms with E-state index in [2.05, 4.69) is 10.6 Å². The Hall–Kier alpha value is -2.30. The van der Waals surface area contributed by atoms with Crippen molar-refractivity contribution in [2.24, 2.45) is 5.14 Å². The van der Waals surface area contributed by atoms with E-state index in [9.17, 15) is 18.0 Å². The number of nitrogens with two attached hydrogens (primary N) is 1. The van der Waals surface area contributed by atoms with Crippen molar-refractivity contribution in [1.29, 1.82) is 0 Å². The highest BCUT2D eigenvalue weighted by Gasteiger charge is 2.23. The van der Waals surface area contributed by atoms with E-state index < -0.39 is 27.9 Å². The van der Waals surface area contributed by atoms with Gasteiger partial charge in [0.2, 0.25) is 15.9 Å². The van der Waals surface area contributed by atoms with Crippen molar-refractivity contribution in [2.45, 2.75) is 24.3 Å². The monoisotopic (exact) mass is 411 g/mol. The van der Waals surface area contributed by atoms with Crippen LogP contribution in [0.25, 0.3) is 0 Å². The number of benzene rings is 1.